The summed E-state index contributed by atoms with van der Waals surface area (Å²) >= 11 is 0. The van der Waals surface area contributed by atoms with E-state index in [1.165, 1.54) is 19.1 Å². The first kappa shape index (κ1) is 69.9. The van der Waals surface area contributed by atoms with Crippen LogP contribution in [0.3, 0.4) is 0 Å². The number of carbonyl (C=O) groups excluding carboxylic acids is 15. The van der Waals surface area contributed by atoms with Crippen molar-refractivity contribution in [3.05, 3.63) is 12.2 Å². The van der Waals surface area contributed by atoms with Gasteiger partial charge in [-0.05, 0) is 53.9 Å². The molecule has 18 N–H and O–H groups in total. The quantitative estimate of drug-likeness (QED) is 0.00935. The van der Waals surface area contributed by atoms with Crippen molar-refractivity contribution >= 4 is 102 Å². The number of aldehydes is 4. The topological polar surface area (TPSA) is 541 Å². The average molecular weight is 1140 g/mol. The molecule has 14 atom stereocenters. The molecule has 0 aromatic heterocycles. The predicted molar refractivity (Wildman–Crippen MR) is 270 cm³/mol. The molecule has 0 aromatic rings. The Bertz CT molecular complexity index is 2350. The van der Waals surface area contributed by atoms with Crippen molar-refractivity contribution in [3.8, 4) is 0 Å². The second kappa shape index (κ2) is 34.7. The minimum absolute atomic E-state index is 0.150. The minimum atomic E-state index is -2.48. The molecule has 0 spiro atoms. The van der Waals surface area contributed by atoms with E-state index in [1.54, 1.807) is 0 Å². The zero-order chi connectivity index (χ0) is 61.1. The van der Waals surface area contributed by atoms with Crippen LogP contribution in [0.4, 0.5) is 0 Å². The highest BCUT2D eigenvalue weighted by Gasteiger charge is 2.45. The number of hydrogen-bond acceptors (Lipinski definition) is 25. The fourth-order valence-corrected chi connectivity index (χ4v) is 6.88. The maximum absolute atomic E-state index is 14.7. The molecule has 1 aliphatic heterocycles. The number of nitrogens with two attached hydrogens (primary N) is 3. The number of aliphatic carboxylic acids is 2. The molecule has 444 valence electrons. The van der Waals surface area contributed by atoms with Crippen molar-refractivity contribution in [2.75, 3.05) is 13.7 Å². The van der Waals surface area contributed by atoms with E-state index in [4.69, 9.17) is 22.3 Å². The molecule has 0 saturated heterocycles. The number of ketones is 3. The average Bonchev–Trinajstić information content (AvgIpc) is 3.41. The number of carbonyl (C=O) groups is 17. The SMILES string of the molecule is COC(=O)[C@@H](NC(=O)[C@@H](NC(=O)[C@@H](NC(=O)[C@@H](NC(=O)[C@H](C(=O)[C@H](C)N)N1C/C=C/CCC(=O)N[C@@H](N[C@@H](C=O)CCC(=O)O)C(=O)N[C@@H](C(=O)[C@H](C)N)C1=O)N[C@@H](C)C=O)N[C@@H](C)C=O)C(=O)[C@@H](N)CCC(=O)O)N[C@@H](C)C=O. The Kier molecular flexibility index (Phi) is 30.3. The third kappa shape index (κ3) is 23.1. The molecule has 0 bridgehead atoms. The van der Waals surface area contributed by atoms with Gasteiger partial charge in [0, 0.05) is 25.8 Å². The Balaban J connectivity index is 4.03. The molecular weight excluding hydrogens is 1070 g/mol. The van der Waals surface area contributed by atoms with Crippen LogP contribution in [-0.2, 0) is 86.2 Å². The maximum atomic E-state index is 14.7. The molecule has 1 rings (SSSR count). The molecule has 0 aromatic carbocycles. The number of carboxylic acids is 2. The highest BCUT2D eigenvalue weighted by Crippen LogP contribution is 2.13. The minimum Gasteiger partial charge on any atom is -0.481 e. The van der Waals surface area contributed by atoms with Crippen molar-refractivity contribution in [3.63, 3.8) is 0 Å². The molecule has 1 aliphatic rings. The molecular formula is C46H70N14O20. The van der Waals surface area contributed by atoms with Gasteiger partial charge in [-0.15, -0.1) is 0 Å². The molecule has 34 heteroatoms. The van der Waals surface area contributed by atoms with Gasteiger partial charge in [0.1, 0.15) is 25.1 Å². The van der Waals surface area contributed by atoms with Crippen molar-refractivity contribution in [2.24, 2.45) is 17.2 Å². The highest BCUT2D eigenvalue weighted by atomic mass is 16.5. The van der Waals surface area contributed by atoms with Crippen LogP contribution in [0.5, 0.6) is 0 Å². The van der Waals surface area contributed by atoms with E-state index in [9.17, 15) is 86.6 Å². The molecule has 7 amide bonds. The van der Waals surface area contributed by atoms with Gasteiger partial charge in [0.05, 0.1) is 49.4 Å². The molecule has 0 fully saturated rings. The van der Waals surface area contributed by atoms with E-state index in [1.807, 2.05) is 10.6 Å². The number of methoxy groups -OCH3 is 1. The van der Waals surface area contributed by atoms with E-state index in [-0.39, 0.29) is 31.7 Å². The smallest absolute Gasteiger partial charge is 0.343 e. The molecule has 34 nitrogen and oxygen atoms in total. The van der Waals surface area contributed by atoms with Gasteiger partial charge in [0.15, 0.2) is 60.1 Å². The molecule has 1 heterocycles. The number of carboxylic acid groups (broad SMARTS) is 2. The second-order valence-electron chi connectivity index (χ2n) is 18.1. The van der Waals surface area contributed by atoms with Crippen LogP contribution in [0.25, 0.3) is 0 Å². The second-order valence-corrected chi connectivity index (χ2v) is 18.1. The third-order valence-electron chi connectivity index (χ3n) is 11.2. The van der Waals surface area contributed by atoms with Crippen LogP contribution in [0.1, 0.15) is 73.1 Å². The Morgan fingerprint density at radius 2 is 1.16 bits per heavy atom. The van der Waals surface area contributed by atoms with E-state index in [0.717, 1.165) is 34.8 Å². The standard InChI is InChI=1S/C46H70N14O20/c1-20(16-61)50-36(42(75)55-30(35(72)26(49)12-14-29(68)69)40(73)59-39(46(79)80-6)52-22(3)18-63)58-44(77)37(51-21(2)17-62)57-41(74)32(34(71)24(5)48)60-15-9-7-8-10-27(65)54-38(53-25(19-64)11-13-28(66)67)43(76)56-31(45(60)78)33(70)23(4)47/h7,9,16-26,30-32,36-39,50-53H,8,10-15,47-49H2,1-6H3,(H,54,65)(H,55,75)(H,56,76)(H,57,74)(H,58,77)(H,59,73)(H,66,67)(H,68,69)/b9-7+/t20-,21-,22-,23-,24-,25+,26-,30-,31-,32-,36+,37+,38+,39+/m0/s1. The van der Waals surface area contributed by atoms with Gasteiger partial charge in [-0.2, -0.15) is 0 Å². The Hall–Kier alpha value is -8.15. The number of nitrogens with zero attached hydrogens (tertiary/aromatic N) is 1. The monoisotopic (exact) mass is 1140 g/mol. The summed E-state index contributed by atoms with van der Waals surface area (Å²) in [4.78, 5) is 223. The summed E-state index contributed by atoms with van der Waals surface area (Å²) < 4.78 is 4.63. The predicted octanol–water partition coefficient (Wildman–Crippen LogP) is -9.41. The number of amides is 7. The molecule has 80 heavy (non-hydrogen) atoms. The first-order chi connectivity index (χ1) is 37.5. The van der Waals surface area contributed by atoms with Crippen LogP contribution < -0.4 is 70.4 Å². The lowest BCUT2D eigenvalue weighted by Gasteiger charge is -2.34. The normalized spacial score (nSPS) is 19.9. The Morgan fingerprint density at radius 1 is 0.662 bits per heavy atom. The van der Waals surface area contributed by atoms with E-state index in [2.05, 4.69) is 47.3 Å². The maximum Gasteiger partial charge on any atom is 0.343 e. The van der Waals surface area contributed by atoms with Gasteiger partial charge in [-0.25, -0.2) is 4.79 Å². The van der Waals surface area contributed by atoms with Crippen molar-refractivity contribution in [2.45, 2.75) is 158 Å². The van der Waals surface area contributed by atoms with Crippen molar-refractivity contribution in [1.29, 1.82) is 0 Å². The van der Waals surface area contributed by atoms with Crippen LogP contribution in [-0.4, -0.2) is 216 Å². The zero-order valence-corrected chi connectivity index (χ0v) is 44.4. The van der Waals surface area contributed by atoms with Gasteiger partial charge < -0.3 is 88.1 Å². The fourth-order valence-electron chi connectivity index (χ4n) is 6.88. The van der Waals surface area contributed by atoms with E-state index >= 15 is 0 Å². The molecule has 0 unspecified atom stereocenters. The third-order valence-corrected chi connectivity index (χ3v) is 11.2. The number of esters is 1. The first-order valence-electron chi connectivity index (χ1n) is 24.5. The van der Waals surface area contributed by atoms with Crippen LogP contribution in [0.15, 0.2) is 12.2 Å². The first-order valence-corrected chi connectivity index (χ1v) is 24.5. The van der Waals surface area contributed by atoms with Crippen molar-refractivity contribution < 1.29 is 96.5 Å². The molecule has 0 saturated carbocycles. The lowest BCUT2D eigenvalue weighted by Crippen LogP contribution is -2.69. The lowest BCUT2D eigenvalue weighted by atomic mass is 10.00. The molecule has 0 radical (unpaired) electrons. The van der Waals surface area contributed by atoms with Gasteiger partial charge >= 0.3 is 17.9 Å². The summed E-state index contributed by atoms with van der Waals surface area (Å²) in [7, 11) is 0.895. The summed E-state index contributed by atoms with van der Waals surface area (Å²) in [5.74, 6) is -17.8. The van der Waals surface area contributed by atoms with Crippen LogP contribution >= 0.6 is 0 Å². The Labute approximate surface area is 456 Å². The number of nitrogens with one attached hydrogen (secondary N) is 10. The van der Waals surface area contributed by atoms with Crippen LogP contribution in [0.2, 0.25) is 0 Å². The number of Topliss-reactive ketones (excluding diaryl/α,β-unsaturated/α-hetero) is 3. The molecule has 0 aliphatic carbocycles. The van der Waals surface area contributed by atoms with E-state index in [0.29, 0.717) is 11.2 Å². The summed E-state index contributed by atoms with van der Waals surface area (Å²) in [5.41, 5.74) is 17.8. The highest BCUT2D eigenvalue weighted by molar-refractivity contribution is 6.15. The number of ether oxygens (including phenoxy) is 1. The number of allylic oxidation sites excluding steroid dienone is 1. The summed E-state index contributed by atoms with van der Waals surface area (Å²) in [6.45, 7) is 4.95. The van der Waals surface area contributed by atoms with Gasteiger partial charge in [0.2, 0.25) is 5.91 Å². The largest absolute Gasteiger partial charge is 0.481 e. The zero-order valence-electron chi connectivity index (χ0n) is 44.4. The van der Waals surface area contributed by atoms with Crippen LogP contribution in [0, 0.1) is 0 Å². The van der Waals surface area contributed by atoms with Gasteiger partial charge in [-0.3, -0.25) is 78.8 Å². The summed E-state index contributed by atoms with van der Waals surface area (Å²) in [6, 6.07) is -17.7. The summed E-state index contributed by atoms with van der Waals surface area (Å²) in [6.07, 6.45) is -7.74. The van der Waals surface area contributed by atoms with Crippen molar-refractivity contribution in [1.82, 2.24) is 58.1 Å². The Morgan fingerprint density at radius 3 is 1.65 bits per heavy atom. The van der Waals surface area contributed by atoms with Gasteiger partial charge in [0.25, 0.3) is 35.4 Å². The lowest BCUT2D eigenvalue weighted by molar-refractivity contribution is -0.151. The number of rotatable bonds is 34. The number of hydrogen-bond donors (Lipinski definition) is 15. The van der Waals surface area contributed by atoms with Gasteiger partial charge in [-0.1, -0.05) is 12.2 Å². The fraction of sp³-hybridized carbons (Fsp3) is 0.587. The van der Waals surface area contributed by atoms with E-state index < -0.39 is 194 Å². The summed E-state index contributed by atoms with van der Waals surface area (Å²) in [5, 5.41) is 40.5.